The van der Waals surface area contributed by atoms with Crippen molar-refractivity contribution >= 4 is 68.2 Å². The van der Waals surface area contributed by atoms with Gasteiger partial charge in [0.15, 0.2) is 0 Å². The number of aryl methyl sites for hydroxylation is 4. The van der Waals surface area contributed by atoms with Crippen molar-refractivity contribution in [3.05, 3.63) is 77.8 Å². The van der Waals surface area contributed by atoms with Crippen LogP contribution in [0.15, 0.2) is 24.3 Å². The molecular formula is C70H100N2O4S2. The predicted octanol–water partition coefficient (Wildman–Crippen LogP) is 21.0. The summed E-state index contributed by atoms with van der Waals surface area (Å²) in [5, 5.41) is 1.04. The molecule has 4 amide bonds. The molecule has 0 bridgehead atoms. The fourth-order valence-corrected chi connectivity index (χ4v) is 16.4. The molecule has 2 atom stereocenters. The van der Waals surface area contributed by atoms with Crippen LogP contribution in [-0.4, -0.2) is 46.5 Å². The van der Waals surface area contributed by atoms with Crippen molar-refractivity contribution in [2.75, 3.05) is 13.1 Å². The second-order valence-corrected chi connectivity index (χ2v) is 27.0. The first-order chi connectivity index (χ1) is 38.1. The minimum absolute atomic E-state index is 0.215. The number of amides is 4. The Morgan fingerprint density at radius 2 is 0.769 bits per heavy atom. The van der Waals surface area contributed by atoms with E-state index >= 15 is 19.2 Å². The summed E-state index contributed by atoms with van der Waals surface area (Å²) in [6.07, 6.45) is 42.7. The lowest BCUT2D eigenvalue weighted by atomic mass is 9.80. The molecule has 0 N–H and O–H groups in total. The van der Waals surface area contributed by atoms with Gasteiger partial charge in [0, 0.05) is 60.1 Å². The highest BCUT2D eigenvalue weighted by Crippen LogP contribution is 2.52. The minimum atomic E-state index is -0.273. The molecule has 0 radical (unpaired) electrons. The van der Waals surface area contributed by atoms with E-state index in [0.29, 0.717) is 51.7 Å². The number of hydrogen-bond acceptors (Lipinski definition) is 6. The smallest absolute Gasteiger partial charge is 0.262 e. The summed E-state index contributed by atoms with van der Waals surface area (Å²) in [5.41, 5.74) is 9.12. The topological polar surface area (TPSA) is 74.8 Å². The van der Waals surface area contributed by atoms with E-state index in [1.165, 1.54) is 191 Å². The largest absolute Gasteiger partial charge is 0.274 e. The van der Waals surface area contributed by atoms with Crippen LogP contribution in [0.4, 0.5) is 0 Å². The molecule has 2 aromatic heterocycles. The van der Waals surface area contributed by atoms with Gasteiger partial charge in [0.05, 0.1) is 11.1 Å². The zero-order valence-electron chi connectivity index (χ0n) is 49.7. The first-order valence-electron chi connectivity index (χ1n) is 32.4. The van der Waals surface area contributed by atoms with Crippen LogP contribution in [0.2, 0.25) is 0 Å². The molecule has 8 heteroatoms. The Morgan fingerprint density at radius 1 is 0.397 bits per heavy atom. The molecule has 2 aliphatic heterocycles. The fourth-order valence-electron chi connectivity index (χ4n) is 13.9. The number of allylic oxidation sites excluding steroid dienone is 2. The van der Waals surface area contributed by atoms with Crippen molar-refractivity contribution in [2.45, 2.75) is 273 Å². The first kappa shape index (κ1) is 60.2. The highest BCUT2D eigenvalue weighted by molar-refractivity contribution is 7.17. The van der Waals surface area contributed by atoms with Crippen LogP contribution in [0.1, 0.15) is 319 Å². The molecule has 4 aliphatic rings. The molecule has 78 heavy (non-hydrogen) atoms. The van der Waals surface area contributed by atoms with Gasteiger partial charge in [-0.1, -0.05) is 207 Å². The Morgan fingerprint density at radius 3 is 1.22 bits per heavy atom. The van der Waals surface area contributed by atoms with Gasteiger partial charge in [0.2, 0.25) is 0 Å². The third kappa shape index (κ3) is 14.6. The van der Waals surface area contributed by atoms with E-state index in [0.717, 1.165) is 87.5 Å². The Bertz CT molecular complexity index is 2700. The normalized spacial score (nSPS) is 16.6. The molecule has 2 aliphatic carbocycles. The molecule has 4 aromatic rings. The van der Waals surface area contributed by atoms with E-state index in [4.69, 9.17) is 0 Å². The van der Waals surface area contributed by atoms with Crippen molar-refractivity contribution in [3.8, 4) is 10.4 Å². The van der Waals surface area contributed by atoms with Crippen molar-refractivity contribution in [3.63, 3.8) is 0 Å². The third-order valence-corrected chi connectivity index (χ3v) is 20.8. The maximum atomic E-state index is 15.8. The van der Waals surface area contributed by atoms with Crippen molar-refractivity contribution in [1.82, 2.24) is 9.80 Å². The number of thiophene rings is 2. The van der Waals surface area contributed by atoms with E-state index < -0.39 is 0 Å². The van der Waals surface area contributed by atoms with Crippen LogP contribution in [0, 0.1) is 25.7 Å². The number of rotatable bonds is 37. The molecule has 6 nitrogen and oxygen atoms in total. The van der Waals surface area contributed by atoms with Crippen molar-refractivity contribution in [1.29, 1.82) is 0 Å². The summed E-state index contributed by atoms with van der Waals surface area (Å²) in [4.78, 5) is 70.1. The third-order valence-electron chi connectivity index (χ3n) is 18.4. The number of hydrogen-bond donors (Lipinski definition) is 0. The van der Waals surface area contributed by atoms with Crippen LogP contribution < -0.4 is 0 Å². The number of unbranched alkanes of at least 4 members (excludes halogenated alkanes) is 24. The molecule has 426 valence electrons. The second-order valence-electron chi connectivity index (χ2n) is 24.7. The lowest BCUT2D eigenvalue weighted by Gasteiger charge is -2.36. The summed E-state index contributed by atoms with van der Waals surface area (Å²) in [6, 6.07) is 8.58. The molecule has 8 rings (SSSR count). The van der Waals surface area contributed by atoms with E-state index in [2.05, 4.69) is 46.8 Å². The second kappa shape index (κ2) is 30.3. The van der Waals surface area contributed by atoms with Gasteiger partial charge in [-0.15, -0.1) is 22.7 Å². The Labute approximate surface area is 480 Å². The minimum Gasteiger partial charge on any atom is -0.274 e. The summed E-state index contributed by atoms with van der Waals surface area (Å²) in [5.74, 6) is -0.638. The highest BCUT2D eigenvalue weighted by atomic mass is 32.1. The molecule has 0 saturated heterocycles. The van der Waals surface area contributed by atoms with Gasteiger partial charge >= 0.3 is 0 Å². The Kier molecular flexibility index (Phi) is 23.4. The van der Waals surface area contributed by atoms with E-state index in [9.17, 15) is 0 Å². The SMILES string of the molecule is CCCCCCCCCCC(CCCCCCCC)CN1C(=O)c2cc(-c3cc4c(s3)/C(=C3\CCc5cc(C)sc53)CC4)c3c4c(cc(C)c(c24)C1=O)C(=O)N(CC(CCCCCCCC)CCCCCCCCCC)C3=O. The maximum Gasteiger partial charge on any atom is 0.262 e. The van der Waals surface area contributed by atoms with Gasteiger partial charge in [-0.3, -0.25) is 29.0 Å². The van der Waals surface area contributed by atoms with Gasteiger partial charge in [-0.05, 0) is 129 Å². The standard InChI is InChI=1S/C70H100N2O4S2/c1-7-11-15-19-23-25-29-33-37-51(35-31-27-21-17-13-9-3)47-71-68(74)59-46-57(60-45-54-40-42-56(66(54)78-60)55-41-39-53-44-50(6)77-65(53)55)64-63-58(43-49(5)61(62(59)63)69(71)75)67(73)72(70(64)76)48-52(36-32-28-22-18-14-10-4)38-34-30-26-24-20-16-12-8-2/h43-46,51-52H,7-42,47-48H2,1-6H3/b56-55+. The number of carbonyl (C=O) groups is 4. The summed E-state index contributed by atoms with van der Waals surface area (Å²) < 4.78 is 0. The monoisotopic (exact) mass is 1100 g/mol. The van der Waals surface area contributed by atoms with Gasteiger partial charge < -0.3 is 0 Å². The van der Waals surface area contributed by atoms with E-state index in [-0.39, 0.29) is 35.5 Å². The van der Waals surface area contributed by atoms with Gasteiger partial charge in [-0.25, -0.2) is 0 Å². The van der Waals surface area contributed by atoms with Crippen LogP contribution >= 0.6 is 22.7 Å². The highest BCUT2D eigenvalue weighted by Gasteiger charge is 2.44. The van der Waals surface area contributed by atoms with Crippen molar-refractivity contribution < 1.29 is 19.2 Å². The molecular weight excluding hydrogens is 997 g/mol. The summed E-state index contributed by atoms with van der Waals surface area (Å²) >= 11 is 3.69. The maximum absolute atomic E-state index is 15.8. The average Bonchev–Trinajstić information content (AvgIpc) is 3.58. The van der Waals surface area contributed by atoms with Crippen LogP contribution in [0.25, 0.3) is 32.4 Å². The molecule has 2 unspecified atom stereocenters. The fraction of sp³-hybridized carbons (Fsp3) is 0.657. The van der Waals surface area contributed by atoms with E-state index in [1.54, 1.807) is 21.1 Å². The molecule has 0 spiro atoms. The van der Waals surface area contributed by atoms with Crippen LogP contribution in [0.5, 0.6) is 0 Å². The summed E-state index contributed by atoms with van der Waals surface area (Å²) in [6.45, 7) is 14.0. The molecule has 0 saturated carbocycles. The molecule has 2 aromatic carbocycles. The summed E-state index contributed by atoms with van der Waals surface area (Å²) in [7, 11) is 0. The van der Waals surface area contributed by atoms with Crippen molar-refractivity contribution in [2.24, 2.45) is 11.8 Å². The van der Waals surface area contributed by atoms with Gasteiger partial charge in [-0.2, -0.15) is 0 Å². The number of nitrogens with zero attached hydrogens (tertiary/aromatic N) is 2. The Hall–Kier alpha value is -3.88. The van der Waals surface area contributed by atoms with Gasteiger partial charge in [0.25, 0.3) is 23.6 Å². The number of benzene rings is 2. The quantitative estimate of drug-likeness (QED) is 0.0333. The lowest BCUT2D eigenvalue weighted by molar-refractivity contribution is 0.0556. The number of imide groups is 2. The van der Waals surface area contributed by atoms with E-state index in [1.807, 2.05) is 30.4 Å². The zero-order valence-corrected chi connectivity index (χ0v) is 51.3. The van der Waals surface area contributed by atoms with Crippen LogP contribution in [-0.2, 0) is 12.8 Å². The lowest BCUT2D eigenvalue weighted by Crippen LogP contribution is -2.46. The Balaban J connectivity index is 1.14. The predicted molar refractivity (Wildman–Crippen MR) is 333 cm³/mol. The number of carbonyl (C=O) groups excluding carboxylic acids is 4. The molecule has 0 fully saturated rings. The average molecular weight is 1100 g/mol. The first-order valence-corrected chi connectivity index (χ1v) is 34.0. The molecule has 4 heterocycles. The van der Waals surface area contributed by atoms with Gasteiger partial charge in [0.1, 0.15) is 0 Å². The zero-order chi connectivity index (χ0) is 55.0. The van der Waals surface area contributed by atoms with Crippen LogP contribution in [0.3, 0.4) is 0 Å². The number of fused-ring (bicyclic) bond motifs is 2.